The Morgan fingerprint density at radius 3 is 1.93 bits per heavy atom. The number of nitrogens with one attached hydrogen (secondary N) is 2. The average molecular weight is 614 g/mol. The number of rotatable bonds is 9. The van der Waals surface area contributed by atoms with Crippen LogP contribution in [0.5, 0.6) is 5.75 Å². The van der Waals surface area contributed by atoms with Crippen molar-refractivity contribution in [1.82, 2.24) is 15.0 Å². The molecule has 2 saturated heterocycles. The van der Waals surface area contributed by atoms with Gasteiger partial charge in [-0.2, -0.15) is 15.0 Å². The molecule has 234 valence electrons. The van der Waals surface area contributed by atoms with Crippen LogP contribution in [0.4, 0.5) is 29.2 Å². The minimum atomic E-state index is -0.232. The maximum atomic E-state index is 13.6. The molecule has 46 heavy (non-hydrogen) atoms. The molecule has 1 amide bonds. The van der Waals surface area contributed by atoms with Crippen molar-refractivity contribution in [2.45, 2.75) is 45.1 Å². The van der Waals surface area contributed by atoms with Crippen LogP contribution in [-0.2, 0) is 6.61 Å². The summed E-state index contributed by atoms with van der Waals surface area (Å²) in [4.78, 5) is 32.7. The minimum Gasteiger partial charge on any atom is -0.487 e. The third kappa shape index (κ3) is 6.88. The average Bonchev–Trinajstić information content (AvgIpc) is 3.12. The summed E-state index contributed by atoms with van der Waals surface area (Å²) in [7, 11) is 0. The Kier molecular flexibility index (Phi) is 8.89. The molecule has 4 aromatic carbocycles. The number of ether oxygens (including phenoxy) is 1. The Morgan fingerprint density at radius 1 is 0.652 bits per heavy atom. The van der Waals surface area contributed by atoms with Crippen LogP contribution >= 0.6 is 0 Å². The van der Waals surface area contributed by atoms with Crippen LogP contribution in [0.2, 0.25) is 0 Å². The van der Waals surface area contributed by atoms with Gasteiger partial charge in [0.25, 0.3) is 5.91 Å². The monoisotopic (exact) mass is 613 g/mol. The van der Waals surface area contributed by atoms with Gasteiger partial charge in [0.05, 0.1) is 5.56 Å². The SMILES string of the molecule is O=C(Nc1ccc(Nc2nc(N3CCCCC3)nc(N3CCCCC3)n2)cc1)c1ccc2ccccc2c1OCc1ccccc1. The Labute approximate surface area is 269 Å². The first-order valence-electron chi connectivity index (χ1n) is 16.3. The fourth-order valence-corrected chi connectivity index (χ4v) is 6.15. The fraction of sp³-hybridized carbons (Fsp3) is 0.297. The summed E-state index contributed by atoms with van der Waals surface area (Å²) < 4.78 is 6.29. The number of anilines is 5. The number of amides is 1. The van der Waals surface area contributed by atoms with Crippen LogP contribution < -0.4 is 25.2 Å². The summed E-state index contributed by atoms with van der Waals surface area (Å²) in [6.45, 7) is 4.23. The van der Waals surface area contributed by atoms with E-state index in [4.69, 9.17) is 19.7 Å². The second-order valence-electron chi connectivity index (χ2n) is 11.9. The summed E-state index contributed by atoms with van der Waals surface area (Å²) in [5, 5.41) is 8.36. The van der Waals surface area contributed by atoms with Gasteiger partial charge < -0.3 is 25.2 Å². The zero-order valence-corrected chi connectivity index (χ0v) is 26.0. The minimum absolute atomic E-state index is 0.232. The van der Waals surface area contributed by atoms with E-state index in [0.29, 0.717) is 29.6 Å². The van der Waals surface area contributed by atoms with E-state index in [1.165, 1.54) is 12.8 Å². The lowest BCUT2D eigenvalue weighted by atomic mass is 10.0. The zero-order valence-electron chi connectivity index (χ0n) is 26.0. The number of carbonyl (C=O) groups is 1. The first-order chi connectivity index (χ1) is 22.7. The molecular formula is C37H39N7O2. The highest BCUT2D eigenvalue weighted by molar-refractivity contribution is 6.10. The molecule has 3 heterocycles. The molecule has 0 radical (unpaired) electrons. The van der Waals surface area contributed by atoms with Gasteiger partial charge in [-0.1, -0.05) is 60.7 Å². The number of piperidine rings is 2. The maximum Gasteiger partial charge on any atom is 0.259 e. The van der Waals surface area contributed by atoms with Gasteiger partial charge in [-0.3, -0.25) is 4.79 Å². The first kappa shape index (κ1) is 29.5. The molecule has 2 aliphatic rings. The third-order valence-corrected chi connectivity index (χ3v) is 8.64. The lowest BCUT2D eigenvalue weighted by Crippen LogP contribution is -2.34. The molecule has 2 N–H and O–H groups in total. The van der Waals surface area contributed by atoms with Crippen molar-refractivity contribution in [3.05, 3.63) is 102 Å². The third-order valence-electron chi connectivity index (χ3n) is 8.64. The van der Waals surface area contributed by atoms with Crippen LogP contribution in [0.25, 0.3) is 10.8 Å². The van der Waals surface area contributed by atoms with Gasteiger partial charge in [0.2, 0.25) is 17.8 Å². The molecule has 5 aromatic rings. The number of benzene rings is 4. The van der Waals surface area contributed by atoms with Gasteiger partial charge in [0.15, 0.2) is 0 Å². The largest absolute Gasteiger partial charge is 0.487 e. The van der Waals surface area contributed by atoms with Crippen LogP contribution in [0.1, 0.15) is 54.4 Å². The number of fused-ring (bicyclic) bond motifs is 1. The van der Waals surface area contributed by atoms with Crippen molar-refractivity contribution in [2.75, 3.05) is 46.6 Å². The molecule has 0 saturated carbocycles. The van der Waals surface area contributed by atoms with Crippen molar-refractivity contribution in [1.29, 1.82) is 0 Å². The van der Waals surface area contributed by atoms with Gasteiger partial charge >= 0.3 is 0 Å². The highest BCUT2D eigenvalue weighted by atomic mass is 16.5. The Hall–Kier alpha value is -5.18. The van der Waals surface area contributed by atoms with E-state index < -0.39 is 0 Å². The summed E-state index contributed by atoms with van der Waals surface area (Å²) in [6, 6.07) is 29.3. The molecule has 0 bridgehead atoms. The molecule has 9 heteroatoms. The van der Waals surface area contributed by atoms with Gasteiger partial charge in [-0.05, 0) is 79.8 Å². The Balaban J connectivity index is 1.09. The lowest BCUT2D eigenvalue weighted by Gasteiger charge is -2.30. The molecular weight excluding hydrogens is 574 g/mol. The summed E-state index contributed by atoms with van der Waals surface area (Å²) in [5.74, 6) is 2.35. The van der Waals surface area contributed by atoms with E-state index in [9.17, 15) is 4.79 Å². The van der Waals surface area contributed by atoms with Crippen molar-refractivity contribution >= 4 is 45.9 Å². The molecule has 2 fully saturated rings. The number of nitrogens with zero attached hydrogens (tertiary/aromatic N) is 5. The summed E-state index contributed by atoms with van der Waals surface area (Å²) in [5.41, 5.74) is 3.03. The standard InChI is InChI=1S/C37H39N7O2/c45-34(32-21-16-28-14-6-7-15-31(28)33(32)46-26-27-12-4-1-5-13-27)38-29-17-19-30(20-18-29)39-35-40-36(43-22-8-2-9-23-43)42-37(41-35)44-24-10-3-11-25-44/h1,4-7,12-21H,2-3,8-11,22-26H2,(H,38,45)(H,39,40,41,42). The molecule has 7 rings (SSSR count). The van der Waals surface area contributed by atoms with Crippen molar-refractivity contribution in [3.63, 3.8) is 0 Å². The van der Waals surface area contributed by atoms with Crippen molar-refractivity contribution < 1.29 is 9.53 Å². The highest BCUT2D eigenvalue weighted by Crippen LogP contribution is 2.32. The molecule has 0 atom stereocenters. The van der Waals surface area contributed by atoms with Gasteiger partial charge in [-0.15, -0.1) is 0 Å². The predicted molar refractivity (Wildman–Crippen MR) is 184 cm³/mol. The molecule has 0 spiro atoms. The van der Waals surface area contributed by atoms with Crippen LogP contribution in [0.3, 0.4) is 0 Å². The second-order valence-corrected chi connectivity index (χ2v) is 11.9. The molecule has 0 aliphatic carbocycles. The van der Waals surface area contributed by atoms with E-state index in [-0.39, 0.29) is 5.91 Å². The number of hydrogen-bond acceptors (Lipinski definition) is 8. The van der Waals surface area contributed by atoms with Crippen LogP contribution in [0.15, 0.2) is 91.0 Å². The molecule has 2 aliphatic heterocycles. The van der Waals surface area contributed by atoms with E-state index >= 15 is 0 Å². The fourth-order valence-electron chi connectivity index (χ4n) is 6.15. The van der Waals surface area contributed by atoms with Gasteiger partial charge in [0, 0.05) is 42.9 Å². The topological polar surface area (TPSA) is 95.5 Å². The number of aromatic nitrogens is 3. The quantitative estimate of drug-likeness (QED) is 0.176. The molecule has 0 unspecified atom stereocenters. The van der Waals surface area contributed by atoms with Crippen molar-refractivity contribution in [3.8, 4) is 5.75 Å². The summed E-state index contributed by atoms with van der Waals surface area (Å²) in [6.07, 6.45) is 7.11. The Morgan fingerprint density at radius 2 is 1.26 bits per heavy atom. The first-order valence-corrected chi connectivity index (χ1v) is 16.3. The Bertz CT molecular complexity index is 1750. The highest BCUT2D eigenvalue weighted by Gasteiger charge is 2.21. The normalized spacial score (nSPS) is 15.0. The van der Waals surface area contributed by atoms with E-state index in [1.807, 2.05) is 91.0 Å². The lowest BCUT2D eigenvalue weighted by molar-refractivity contribution is 0.102. The van der Waals surface area contributed by atoms with Gasteiger partial charge in [0.1, 0.15) is 12.4 Å². The van der Waals surface area contributed by atoms with Gasteiger partial charge in [-0.25, -0.2) is 0 Å². The van der Waals surface area contributed by atoms with Crippen LogP contribution in [-0.4, -0.2) is 47.0 Å². The maximum absolute atomic E-state index is 13.6. The van der Waals surface area contributed by atoms with E-state index in [2.05, 4.69) is 20.4 Å². The smallest absolute Gasteiger partial charge is 0.259 e. The molecule has 1 aromatic heterocycles. The number of carbonyl (C=O) groups excluding carboxylic acids is 1. The summed E-state index contributed by atoms with van der Waals surface area (Å²) >= 11 is 0. The zero-order chi connectivity index (χ0) is 31.1. The van der Waals surface area contributed by atoms with Crippen LogP contribution in [0, 0.1) is 0 Å². The second kappa shape index (κ2) is 13.9. The predicted octanol–water partition coefficient (Wildman–Crippen LogP) is 7.58. The van der Waals surface area contributed by atoms with E-state index in [0.717, 1.165) is 85.8 Å². The van der Waals surface area contributed by atoms with Crippen molar-refractivity contribution in [2.24, 2.45) is 0 Å². The number of hydrogen-bond donors (Lipinski definition) is 2. The van der Waals surface area contributed by atoms with E-state index in [1.54, 1.807) is 0 Å². The molecule has 9 nitrogen and oxygen atoms in total.